The van der Waals surface area contributed by atoms with Crippen LogP contribution in [0, 0.1) is 0 Å². The van der Waals surface area contributed by atoms with Crippen molar-refractivity contribution in [1.82, 2.24) is 0 Å². The van der Waals surface area contributed by atoms with Gasteiger partial charge < -0.3 is 10.4 Å². The van der Waals surface area contributed by atoms with E-state index in [9.17, 15) is 5.11 Å². The van der Waals surface area contributed by atoms with Crippen molar-refractivity contribution in [2.45, 2.75) is 18.9 Å². The Morgan fingerprint density at radius 1 is 1.62 bits per heavy atom. The maximum atomic E-state index is 9.52. The van der Waals surface area contributed by atoms with Crippen molar-refractivity contribution in [3.05, 3.63) is 28.2 Å². The summed E-state index contributed by atoms with van der Waals surface area (Å²) in [5.74, 6) is 0.239. The van der Waals surface area contributed by atoms with E-state index in [0.717, 1.165) is 16.7 Å². The van der Waals surface area contributed by atoms with Gasteiger partial charge in [0.2, 0.25) is 0 Å². The monoisotopic (exact) mass is 241 g/mol. The first-order valence-corrected chi connectivity index (χ1v) is 5.19. The molecule has 0 spiro atoms. The van der Waals surface area contributed by atoms with E-state index in [-0.39, 0.29) is 12.0 Å². The number of hydrogen-bond acceptors (Lipinski definition) is 2. The lowest BCUT2D eigenvalue weighted by atomic mass is 9.97. The highest BCUT2D eigenvalue weighted by molar-refractivity contribution is 9.10. The predicted molar refractivity (Wildman–Crippen MR) is 57.1 cm³/mol. The molecule has 0 fully saturated rings. The van der Waals surface area contributed by atoms with Gasteiger partial charge in [-0.25, -0.2) is 0 Å². The lowest BCUT2D eigenvalue weighted by Gasteiger charge is -2.12. The standard InChI is InChI=1S/C10H12BrNO/c1-6(13)9-5-12-10-4-7(11)2-3-8(9)10/h2-4,6,9,12-13H,5H2,1H3/t6-,9+/m0/s1. The Balaban J connectivity index is 2.38. The average molecular weight is 242 g/mol. The van der Waals surface area contributed by atoms with Gasteiger partial charge in [-0.05, 0) is 24.6 Å². The third-order valence-electron chi connectivity index (χ3n) is 2.51. The number of aliphatic hydroxyl groups excluding tert-OH is 1. The lowest BCUT2D eigenvalue weighted by molar-refractivity contribution is 0.169. The highest BCUT2D eigenvalue weighted by atomic mass is 79.9. The predicted octanol–water partition coefficient (Wildman–Crippen LogP) is 2.34. The van der Waals surface area contributed by atoms with Gasteiger partial charge >= 0.3 is 0 Å². The number of hydrogen-bond donors (Lipinski definition) is 2. The maximum Gasteiger partial charge on any atom is 0.0598 e. The maximum absolute atomic E-state index is 9.52. The molecule has 13 heavy (non-hydrogen) atoms. The first-order valence-electron chi connectivity index (χ1n) is 4.40. The molecule has 0 unspecified atom stereocenters. The van der Waals surface area contributed by atoms with Gasteiger partial charge in [0, 0.05) is 22.6 Å². The van der Waals surface area contributed by atoms with Crippen molar-refractivity contribution in [3.8, 4) is 0 Å². The van der Waals surface area contributed by atoms with Crippen LogP contribution in [0.15, 0.2) is 22.7 Å². The summed E-state index contributed by atoms with van der Waals surface area (Å²) >= 11 is 3.42. The molecule has 0 saturated heterocycles. The molecule has 1 heterocycles. The van der Waals surface area contributed by atoms with Crippen LogP contribution in [0.3, 0.4) is 0 Å². The zero-order valence-corrected chi connectivity index (χ0v) is 9.01. The van der Waals surface area contributed by atoms with Crippen LogP contribution in [-0.2, 0) is 0 Å². The minimum Gasteiger partial charge on any atom is -0.393 e. The molecule has 0 amide bonds. The molecule has 0 aromatic heterocycles. The molecule has 2 nitrogen and oxygen atoms in total. The van der Waals surface area contributed by atoms with Gasteiger partial charge in [0.25, 0.3) is 0 Å². The summed E-state index contributed by atoms with van der Waals surface area (Å²) in [6.45, 7) is 2.67. The molecule has 0 radical (unpaired) electrons. The third-order valence-corrected chi connectivity index (χ3v) is 3.00. The molecule has 2 atom stereocenters. The molecule has 70 valence electrons. The van der Waals surface area contributed by atoms with Gasteiger partial charge in [0.1, 0.15) is 0 Å². The lowest BCUT2D eigenvalue weighted by Crippen LogP contribution is -2.16. The van der Waals surface area contributed by atoms with Gasteiger partial charge in [-0.3, -0.25) is 0 Å². The van der Waals surface area contributed by atoms with E-state index < -0.39 is 0 Å². The molecule has 3 heteroatoms. The smallest absolute Gasteiger partial charge is 0.0598 e. The minimum absolute atomic E-state index is 0.239. The zero-order chi connectivity index (χ0) is 9.42. The highest BCUT2D eigenvalue weighted by Crippen LogP contribution is 2.35. The molecular formula is C10H12BrNO. The van der Waals surface area contributed by atoms with E-state index >= 15 is 0 Å². The van der Waals surface area contributed by atoms with Crippen molar-refractivity contribution < 1.29 is 5.11 Å². The van der Waals surface area contributed by atoms with Crippen LogP contribution in [0.5, 0.6) is 0 Å². The first kappa shape index (κ1) is 9.03. The second kappa shape index (κ2) is 3.31. The van der Waals surface area contributed by atoms with Crippen molar-refractivity contribution >= 4 is 21.6 Å². The van der Waals surface area contributed by atoms with E-state index in [1.54, 1.807) is 0 Å². The van der Waals surface area contributed by atoms with Crippen LogP contribution in [-0.4, -0.2) is 17.8 Å². The van der Waals surface area contributed by atoms with Crippen LogP contribution < -0.4 is 5.32 Å². The second-order valence-corrected chi connectivity index (χ2v) is 4.38. The summed E-state index contributed by atoms with van der Waals surface area (Å²) in [6, 6.07) is 6.13. The van der Waals surface area contributed by atoms with Gasteiger partial charge in [-0.2, -0.15) is 0 Å². The quantitative estimate of drug-likeness (QED) is 0.792. The largest absolute Gasteiger partial charge is 0.393 e. The Morgan fingerprint density at radius 3 is 3.08 bits per heavy atom. The van der Waals surface area contributed by atoms with Crippen molar-refractivity contribution in [3.63, 3.8) is 0 Å². The van der Waals surface area contributed by atoms with Crippen LogP contribution in [0.4, 0.5) is 5.69 Å². The van der Waals surface area contributed by atoms with Gasteiger partial charge in [-0.1, -0.05) is 22.0 Å². The molecule has 1 aromatic rings. The third kappa shape index (κ3) is 1.58. The molecule has 1 aromatic carbocycles. The zero-order valence-electron chi connectivity index (χ0n) is 7.42. The number of halogens is 1. The van der Waals surface area contributed by atoms with Crippen molar-refractivity contribution in [2.75, 3.05) is 11.9 Å². The molecule has 0 bridgehead atoms. The Labute approximate surface area is 86.1 Å². The number of rotatable bonds is 1. The number of benzene rings is 1. The molecular weight excluding hydrogens is 230 g/mol. The summed E-state index contributed by atoms with van der Waals surface area (Å²) in [5.41, 5.74) is 2.36. The van der Waals surface area contributed by atoms with E-state index in [2.05, 4.69) is 33.4 Å². The van der Waals surface area contributed by atoms with E-state index in [1.807, 2.05) is 13.0 Å². The molecule has 0 aliphatic carbocycles. The molecule has 2 rings (SSSR count). The Bertz CT molecular complexity index is 325. The van der Waals surface area contributed by atoms with E-state index in [0.29, 0.717) is 0 Å². The fourth-order valence-corrected chi connectivity index (χ4v) is 2.13. The number of nitrogens with one attached hydrogen (secondary N) is 1. The fraction of sp³-hybridized carbons (Fsp3) is 0.400. The van der Waals surface area contributed by atoms with Gasteiger partial charge in [0.05, 0.1) is 6.10 Å². The second-order valence-electron chi connectivity index (χ2n) is 3.46. The molecule has 0 saturated carbocycles. The highest BCUT2D eigenvalue weighted by Gasteiger charge is 2.25. The Hall–Kier alpha value is -0.540. The van der Waals surface area contributed by atoms with Gasteiger partial charge in [0.15, 0.2) is 0 Å². The van der Waals surface area contributed by atoms with E-state index in [4.69, 9.17) is 0 Å². The number of fused-ring (bicyclic) bond motifs is 1. The summed E-state index contributed by atoms with van der Waals surface area (Å²) < 4.78 is 1.07. The number of anilines is 1. The molecule has 1 aliphatic rings. The van der Waals surface area contributed by atoms with Gasteiger partial charge in [-0.15, -0.1) is 0 Å². The summed E-state index contributed by atoms with van der Waals surface area (Å²) in [7, 11) is 0. The summed E-state index contributed by atoms with van der Waals surface area (Å²) in [6.07, 6.45) is -0.282. The van der Waals surface area contributed by atoms with E-state index in [1.165, 1.54) is 5.56 Å². The molecule has 1 aliphatic heterocycles. The van der Waals surface area contributed by atoms with Crippen LogP contribution in [0.1, 0.15) is 18.4 Å². The SMILES string of the molecule is C[C@H](O)[C@H]1CNc2cc(Br)ccc21. The van der Waals surface area contributed by atoms with Crippen LogP contribution >= 0.6 is 15.9 Å². The van der Waals surface area contributed by atoms with Crippen molar-refractivity contribution in [2.24, 2.45) is 0 Å². The summed E-state index contributed by atoms with van der Waals surface area (Å²) in [5, 5.41) is 12.8. The topological polar surface area (TPSA) is 32.3 Å². The normalized spacial score (nSPS) is 22.2. The summed E-state index contributed by atoms with van der Waals surface area (Å²) in [4.78, 5) is 0. The van der Waals surface area contributed by atoms with Crippen LogP contribution in [0.25, 0.3) is 0 Å². The molecule has 2 N–H and O–H groups in total. The number of aliphatic hydroxyl groups is 1. The fourth-order valence-electron chi connectivity index (χ4n) is 1.77. The first-order chi connectivity index (χ1) is 6.18. The Kier molecular flexibility index (Phi) is 2.30. The average Bonchev–Trinajstić information content (AvgIpc) is 2.46. The van der Waals surface area contributed by atoms with Crippen LogP contribution in [0.2, 0.25) is 0 Å². The Morgan fingerprint density at radius 2 is 2.38 bits per heavy atom. The minimum atomic E-state index is -0.282. The van der Waals surface area contributed by atoms with Crippen molar-refractivity contribution in [1.29, 1.82) is 0 Å².